The maximum absolute atomic E-state index is 4.46. The molecule has 3 aromatic rings. The fraction of sp³-hybridized carbons (Fsp3) is 0.333. The van der Waals surface area contributed by atoms with Gasteiger partial charge in [-0.1, -0.05) is 48.9 Å². The van der Waals surface area contributed by atoms with Crippen LogP contribution in [0.1, 0.15) is 32.8 Å². The molecule has 5 nitrogen and oxygen atoms in total. The fourth-order valence-corrected chi connectivity index (χ4v) is 4.27. The van der Waals surface area contributed by atoms with Gasteiger partial charge in [-0.05, 0) is 43.2 Å². The van der Waals surface area contributed by atoms with E-state index in [1.54, 1.807) is 12.4 Å². The molecule has 0 aliphatic carbocycles. The Hall–Kier alpha value is -3.18. The second-order valence-electron chi connectivity index (χ2n) is 8.20. The van der Waals surface area contributed by atoms with Crippen LogP contribution in [0.15, 0.2) is 66.6 Å². The summed E-state index contributed by atoms with van der Waals surface area (Å²) in [5, 5.41) is 9.87. The Labute approximate surface area is 190 Å². The van der Waals surface area contributed by atoms with Gasteiger partial charge in [-0.2, -0.15) is 0 Å². The molecule has 0 spiro atoms. The zero-order valence-electron chi connectivity index (χ0n) is 19.4. The molecular formula is C27H33N5. The molecule has 0 atom stereocenters. The molecule has 1 saturated heterocycles. The van der Waals surface area contributed by atoms with Gasteiger partial charge in [-0.25, -0.2) is 0 Å². The first-order valence-electron chi connectivity index (χ1n) is 11.6. The summed E-state index contributed by atoms with van der Waals surface area (Å²) in [7, 11) is 0. The molecule has 1 aliphatic rings. The molecule has 1 aliphatic heterocycles. The number of hydrogen-bond acceptors (Lipinski definition) is 5. The Balaban J connectivity index is 1.75. The molecule has 2 heterocycles. The Kier molecular flexibility index (Phi) is 7.17. The largest absolute Gasteiger partial charge is 0.380 e. The minimum Gasteiger partial charge on any atom is -0.380 e. The van der Waals surface area contributed by atoms with E-state index in [1.165, 1.54) is 33.0 Å². The molecule has 1 fully saturated rings. The molecule has 32 heavy (non-hydrogen) atoms. The number of piperazine rings is 1. The maximum Gasteiger partial charge on any atom is 0.0890 e. The molecule has 2 N–H and O–H groups in total. The van der Waals surface area contributed by atoms with E-state index in [2.05, 4.69) is 88.7 Å². The summed E-state index contributed by atoms with van der Waals surface area (Å²) in [6.07, 6.45) is 6.73. The van der Waals surface area contributed by atoms with E-state index in [0.717, 1.165) is 50.2 Å². The molecule has 166 valence electrons. The molecule has 0 radical (unpaired) electrons. The van der Waals surface area contributed by atoms with Crippen molar-refractivity contribution in [2.45, 2.75) is 33.7 Å². The first kappa shape index (κ1) is 22.0. The number of rotatable bonds is 6. The Morgan fingerprint density at radius 2 is 1.75 bits per heavy atom. The van der Waals surface area contributed by atoms with Crippen LogP contribution in [-0.2, 0) is 6.54 Å². The van der Waals surface area contributed by atoms with Crippen molar-refractivity contribution in [1.29, 1.82) is 0 Å². The zero-order chi connectivity index (χ0) is 22.3. The van der Waals surface area contributed by atoms with Crippen LogP contribution in [0.25, 0.3) is 22.3 Å². The van der Waals surface area contributed by atoms with E-state index in [-0.39, 0.29) is 0 Å². The third kappa shape index (κ3) is 4.83. The van der Waals surface area contributed by atoms with Crippen molar-refractivity contribution in [1.82, 2.24) is 25.5 Å². The highest BCUT2D eigenvalue weighted by Crippen LogP contribution is 2.16. The van der Waals surface area contributed by atoms with Gasteiger partial charge in [0.1, 0.15) is 0 Å². The summed E-state index contributed by atoms with van der Waals surface area (Å²) in [6, 6.07) is 15.1. The third-order valence-electron chi connectivity index (χ3n) is 6.17. The van der Waals surface area contributed by atoms with E-state index in [9.17, 15) is 0 Å². The highest BCUT2D eigenvalue weighted by molar-refractivity contribution is 5.74. The fourth-order valence-electron chi connectivity index (χ4n) is 4.27. The van der Waals surface area contributed by atoms with Crippen molar-refractivity contribution >= 4 is 22.3 Å². The lowest BCUT2D eigenvalue weighted by Crippen LogP contribution is -2.47. The third-order valence-corrected chi connectivity index (χ3v) is 6.17. The van der Waals surface area contributed by atoms with Gasteiger partial charge in [0.2, 0.25) is 0 Å². The zero-order valence-corrected chi connectivity index (χ0v) is 19.4. The highest BCUT2D eigenvalue weighted by Gasteiger charge is 2.18. The van der Waals surface area contributed by atoms with Gasteiger partial charge < -0.3 is 15.5 Å². The molecule has 0 bridgehead atoms. The van der Waals surface area contributed by atoms with Crippen LogP contribution in [0, 0.1) is 0 Å². The molecule has 0 unspecified atom stereocenters. The average Bonchev–Trinajstić information content (AvgIpc) is 2.86. The van der Waals surface area contributed by atoms with Gasteiger partial charge in [-0.3, -0.25) is 9.97 Å². The lowest BCUT2D eigenvalue weighted by molar-refractivity contribution is 0.336. The van der Waals surface area contributed by atoms with Gasteiger partial charge in [0.15, 0.2) is 0 Å². The van der Waals surface area contributed by atoms with Crippen molar-refractivity contribution in [2.75, 3.05) is 26.2 Å². The number of nitrogens with zero attached hydrogens (tertiary/aromatic N) is 3. The number of allylic oxidation sites excluding steroid dienone is 1. The van der Waals surface area contributed by atoms with E-state index in [1.807, 2.05) is 6.07 Å². The summed E-state index contributed by atoms with van der Waals surface area (Å²) < 4.78 is 0. The molecule has 5 heteroatoms. The van der Waals surface area contributed by atoms with E-state index >= 15 is 0 Å². The van der Waals surface area contributed by atoms with Gasteiger partial charge in [0, 0.05) is 50.3 Å². The lowest BCUT2D eigenvalue weighted by atomic mass is 10.1. The van der Waals surface area contributed by atoms with Gasteiger partial charge >= 0.3 is 0 Å². The van der Waals surface area contributed by atoms with Gasteiger partial charge in [0.05, 0.1) is 22.4 Å². The summed E-state index contributed by atoms with van der Waals surface area (Å²) in [4.78, 5) is 11.4. The first-order valence-corrected chi connectivity index (χ1v) is 11.6. The van der Waals surface area contributed by atoms with Crippen LogP contribution >= 0.6 is 0 Å². The number of benzene rings is 2. The Bertz CT molecular complexity index is 1220. The average molecular weight is 428 g/mol. The molecule has 0 saturated carbocycles. The van der Waals surface area contributed by atoms with Crippen molar-refractivity contribution in [3.63, 3.8) is 0 Å². The molecule has 1 aromatic heterocycles. The topological polar surface area (TPSA) is 53.1 Å². The Morgan fingerprint density at radius 1 is 1.03 bits per heavy atom. The van der Waals surface area contributed by atoms with Gasteiger partial charge in [-0.15, -0.1) is 0 Å². The SMILES string of the molecule is C\C=C(NCc1ccc2nccnc2c1)/C(=c1/cccc/c1=C(/C)CC)N1CCNCC1. The monoisotopic (exact) mass is 427 g/mol. The van der Waals surface area contributed by atoms with E-state index < -0.39 is 0 Å². The summed E-state index contributed by atoms with van der Waals surface area (Å²) in [5.41, 5.74) is 6.92. The Morgan fingerprint density at radius 3 is 2.47 bits per heavy atom. The highest BCUT2D eigenvalue weighted by atomic mass is 15.2. The standard InChI is InChI=1S/C27H33N5/c1-4-20(3)22-8-6-7-9-23(22)27(32-16-14-28-15-17-32)24(5-2)31-19-21-10-11-25-26(18-21)30-13-12-29-25/h5-13,18,28,31H,4,14-17,19H2,1-3H3/b22-20+,24-5+,27-23+. The number of aromatic nitrogens is 2. The molecule has 4 rings (SSSR count). The minimum atomic E-state index is 0.737. The van der Waals surface area contributed by atoms with Crippen LogP contribution < -0.4 is 21.1 Å². The van der Waals surface area contributed by atoms with Crippen LogP contribution in [-0.4, -0.2) is 41.0 Å². The quantitative estimate of drug-likeness (QED) is 0.634. The van der Waals surface area contributed by atoms with Crippen LogP contribution in [0.5, 0.6) is 0 Å². The van der Waals surface area contributed by atoms with Crippen molar-refractivity contribution in [2.24, 2.45) is 0 Å². The smallest absolute Gasteiger partial charge is 0.0890 e. The lowest BCUT2D eigenvalue weighted by Gasteiger charge is -2.33. The van der Waals surface area contributed by atoms with Crippen molar-refractivity contribution in [3.05, 3.63) is 82.6 Å². The van der Waals surface area contributed by atoms with Crippen molar-refractivity contribution in [3.8, 4) is 0 Å². The van der Waals surface area contributed by atoms with E-state index in [4.69, 9.17) is 0 Å². The summed E-state index contributed by atoms with van der Waals surface area (Å²) in [5.74, 6) is 0. The predicted octanol–water partition coefficient (Wildman–Crippen LogP) is 2.92. The predicted molar refractivity (Wildman–Crippen MR) is 133 cm³/mol. The molecule has 2 aromatic carbocycles. The number of nitrogens with one attached hydrogen (secondary N) is 2. The van der Waals surface area contributed by atoms with Crippen molar-refractivity contribution < 1.29 is 0 Å². The van der Waals surface area contributed by atoms with Crippen LogP contribution in [0.4, 0.5) is 0 Å². The second-order valence-corrected chi connectivity index (χ2v) is 8.20. The number of fused-ring (bicyclic) bond motifs is 1. The molecule has 0 amide bonds. The minimum absolute atomic E-state index is 0.737. The summed E-state index contributed by atoms with van der Waals surface area (Å²) >= 11 is 0. The van der Waals surface area contributed by atoms with E-state index in [0.29, 0.717) is 0 Å². The van der Waals surface area contributed by atoms with Crippen LogP contribution in [0.3, 0.4) is 0 Å². The second kappa shape index (κ2) is 10.4. The summed E-state index contributed by atoms with van der Waals surface area (Å²) in [6.45, 7) is 11.3. The number of hydrogen-bond donors (Lipinski definition) is 2. The van der Waals surface area contributed by atoms with Crippen LogP contribution in [0.2, 0.25) is 0 Å². The first-order chi connectivity index (χ1) is 15.7. The van der Waals surface area contributed by atoms with Gasteiger partial charge in [0.25, 0.3) is 0 Å². The molecular weight excluding hydrogens is 394 g/mol. The normalized spacial score (nSPS) is 16.7. The maximum atomic E-state index is 4.46.